The second-order valence-electron chi connectivity index (χ2n) is 4.30. The molecule has 3 unspecified atom stereocenters. The molecule has 2 amide bonds. The lowest BCUT2D eigenvalue weighted by Gasteiger charge is -2.31. The standard InChI is InChI=1S/C10H17N3O2S/c1-6-7(3-2-4-11-6)12-9(14)8-5-16-10(15)13-8/h6-8,11H,2-5H2,1H3,(H,12,14)(H,13,15). The number of carbonyl (C=O) groups excluding carboxylic acids is 2. The fourth-order valence-corrected chi connectivity index (χ4v) is 2.83. The van der Waals surface area contributed by atoms with Gasteiger partial charge in [0.1, 0.15) is 6.04 Å². The van der Waals surface area contributed by atoms with Crippen molar-refractivity contribution in [2.24, 2.45) is 0 Å². The van der Waals surface area contributed by atoms with Crippen molar-refractivity contribution in [1.82, 2.24) is 16.0 Å². The van der Waals surface area contributed by atoms with E-state index >= 15 is 0 Å². The number of carbonyl (C=O) groups is 2. The van der Waals surface area contributed by atoms with E-state index < -0.39 is 0 Å². The molecule has 16 heavy (non-hydrogen) atoms. The molecule has 0 radical (unpaired) electrons. The molecule has 0 aromatic rings. The molecule has 2 aliphatic heterocycles. The molecule has 2 aliphatic rings. The van der Waals surface area contributed by atoms with Crippen LogP contribution in [0.25, 0.3) is 0 Å². The van der Waals surface area contributed by atoms with Crippen molar-refractivity contribution in [3.05, 3.63) is 0 Å². The maximum atomic E-state index is 11.8. The van der Waals surface area contributed by atoms with Gasteiger partial charge < -0.3 is 16.0 Å². The third-order valence-electron chi connectivity index (χ3n) is 3.08. The second kappa shape index (κ2) is 5.05. The highest BCUT2D eigenvalue weighted by atomic mass is 32.2. The minimum absolute atomic E-state index is 0.0566. The number of hydrogen-bond donors (Lipinski definition) is 3. The quantitative estimate of drug-likeness (QED) is 0.642. The molecule has 2 heterocycles. The monoisotopic (exact) mass is 243 g/mol. The summed E-state index contributed by atoms with van der Waals surface area (Å²) in [6.45, 7) is 3.09. The van der Waals surface area contributed by atoms with Gasteiger partial charge in [-0.2, -0.15) is 0 Å². The van der Waals surface area contributed by atoms with E-state index in [4.69, 9.17) is 0 Å². The summed E-state index contributed by atoms with van der Waals surface area (Å²) in [6.07, 6.45) is 2.09. The summed E-state index contributed by atoms with van der Waals surface area (Å²) in [5, 5.41) is 8.88. The van der Waals surface area contributed by atoms with Crippen LogP contribution >= 0.6 is 11.8 Å². The van der Waals surface area contributed by atoms with E-state index in [1.165, 1.54) is 11.8 Å². The second-order valence-corrected chi connectivity index (χ2v) is 5.29. The van der Waals surface area contributed by atoms with Gasteiger partial charge in [0.05, 0.1) is 0 Å². The highest BCUT2D eigenvalue weighted by Gasteiger charge is 2.31. The van der Waals surface area contributed by atoms with Gasteiger partial charge in [-0.05, 0) is 26.3 Å². The Hall–Kier alpha value is -0.750. The van der Waals surface area contributed by atoms with Crippen LogP contribution in [0.4, 0.5) is 4.79 Å². The molecule has 0 bridgehead atoms. The number of amides is 2. The number of hydrogen-bond acceptors (Lipinski definition) is 4. The first-order chi connectivity index (χ1) is 7.66. The number of rotatable bonds is 2. The molecule has 3 N–H and O–H groups in total. The van der Waals surface area contributed by atoms with E-state index in [0.717, 1.165) is 19.4 Å². The van der Waals surface area contributed by atoms with Gasteiger partial charge in [0.15, 0.2) is 0 Å². The van der Waals surface area contributed by atoms with E-state index in [-0.39, 0.29) is 23.2 Å². The summed E-state index contributed by atoms with van der Waals surface area (Å²) < 4.78 is 0. The molecule has 0 aliphatic carbocycles. The zero-order chi connectivity index (χ0) is 11.5. The van der Waals surface area contributed by atoms with Crippen LogP contribution in [0.1, 0.15) is 19.8 Å². The van der Waals surface area contributed by atoms with Crippen LogP contribution in [0.5, 0.6) is 0 Å². The Morgan fingerprint density at radius 3 is 3.00 bits per heavy atom. The van der Waals surface area contributed by atoms with Gasteiger partial charge in [0.2, 0.25) is 5.91 Å². The Kier molecular flexibility index (Phi) is 3.70. The molecule has 0 aromatic heterocycles. The third kappa shape index (κ3) is 2.68. The highest BCUT2D eigenvalue weighted by molar-refractivity contribution is 8.14. The van der Waals surface area contributed by atoms with Gasteiger partial charge >= 0.3 is 0 Å². The maximum Gasteiger partial charge on any atom is 0.279 e. The Morgan fingerprint density at radius 1 is 1.56 bits per heavy atom. The summed E-state index contributed by atoms with van der Waals surface area (Å²) in [5.41, 5.74) is 0. The normalized spacial score (nSPS) is 34.6. The minimum Gasteiger partial charge on any atom is -0.350 e. The number of thioether (sulfide) groups is 1. The van der Waals surface area contributed by atoms with E-state index in [0.29, 0.717) is 11.8 Å². The fourth-order valence-electron chi connectivity index (χ4n) is 2.05. The topological polar surface area (TPSA) is 70.2 Å². The summed E-state index contributed by atoms with van der Waals surface area (Å²) in [6, 6.07) is 0.137. The lowest BCUT2D eigenvalue weighted by atomic mass is 9.99. The Morgan fingerprint density at radius 2 is 2.38 bits per heavy atom. The van der Waals surface area contributed by atoms with Crippen molar-refractivity contribution < 1.29 is 9.59 Å². The van der Waals surface area contributed by atoms with Crippen LogP contribution in [0.2, 0.25) is 0 Å². The predicted octanol–water partition coefficient (Wildman–Crippen LogP) is 0.0681. The first-order valence-corrected chi connectivity index (χ1v) is 6.62. The fraction of sp³-hybridized carbons (Fsp3) is 0.800. The van der Waals surface area contributed by atoms with Crippen LogP contribution in [-0.2, 0) is 4.79 Å². The molecule has 0 spiro atoms. The average molecular weight is 243 g/mol. The first-order valence-electron chi connectivity index (χ1n) is 5.64. The van der Waals surface area contributed by atoms with Crippen molar-refractivity contribution in [2.45, 2.75) is 37.9 Å². The van der Waals surface area contributed by atoms with Crippen molar-refractivity contribution in [3.63, 3.8) is 0 Å². The van der Waals surface area contributed by atoms with Crippen molar-refractivity contribution in [2.75, 3.05) is 12.3 Å². The molecular formula is C10H17N3O2S. The minimum atomic E-state index is -0.355. The van der Waals surface area contributed by atoms with Crippen LogP contribution in [-0.4, -0.2) is 41.6 Å². The van der Waals surface area contributed by atoms with Crippen molar-refractivity contribution in [3.8, 4) is 0 Å². The molecule has 2 saturated heterocycles. The number of piperidine rings is 1. The smallest absolute Gasteiger partial charge is 0.279 e. The van der Waals surface area contributed by atoms with E-state index in [1.807, 2.05) is 0 Å². The largest absolute Gasteiger partial charge is 0.350 e. The summed E-state index contributed by atoms with van der Waals surface area (Å²) in [7, 11) is 0. The Balaban J connectivity index is 1.84. The zero-order valence-corrected chi connectivity index (χ0v) is 10.1. The summed E-state index contributed by atoms with van der Waals surface area (Å²) in [5.74, 6) is 0.484. The molecule has 5 nitrogen and oxygen atoms in total. The molecule has 2 rings (SSSR count). The molecule has 6 heteroatoms. The van der Waals surface area contributed by atoms with Gasteiger partial charge in [-0.15, -0.1) is 0 Å². The maximum absolute atomic E-state index is 11.8. The summed E-state index contributed by atoms with van der Waals surface area (Å²) >= 11 is 1.17. The van der Waals surface area contributed by atoms with Crippen molar-refractivity contribution in [1.29, 1.82) is 0 Å². The van der Waals surface area contributed by atoms with Crippen LogP contribution in [0, 0.1) is 0 Å². The van der Waals surface area contributed by atoms with Crippen LogP contribution < -0.4 is 16.0 Å². The lowest BCUT2D eigenvalue weighted by Crippen LogP contribution is -2.55. The van der Waals surface area contributed by atoms with E-state index in [9.17, 15) is 9.59 Å². The van der Waals surface area contributed by atoms with Gasteiger partial charge in [0.25, 0.3) is 5.24 Å². The van der Waals surface area contributed by atoms with Gasteiger partial charge in [0, 0.05) is 17.8 Å². The molecule has 0 saturated carbocycles. The van der Waals surface area contributed by atoms with E-state index in [2.05, 4.69) is 22.9 Å². The highest BCUT2D eigenvalue weighted by Crippen LogP contribution is 2.14. The first kappa shape index (κ1) is 11.7. The lowest BCUT2D eigenvalue weighted by molar-refractivity contribution is -0.123. The molecule has 2 fully saturated rings. The van der Waals surface area contributed by atoms with E-state index in [1.54, 1.807) is 0 Å². The number of nitrogens with one attached hydrogen (secondary N) is 3. The molecular weight excluding hydrogens is 226 g/mol. The molecule has 0 aromatic carbocycles. The van der Waals surface area contributed by atoms with Gasteiger partial charge in [-0.25, -0.2) is 0 Å². The zero-order valence-electron chi connectivity index (χ0n) is 9.29. The van der Waals surface area contributed by atoms with Gasteiger partial charge in [-0.3, -0.25) is 9.59 Å². The van der Waals surface area contributed by atoms with Crippen LogP contribution in [0.15, 0.2) is 0 Å². The van der Waals surface area contributed by atoms with Crippen LogP contribution in [0.3, 0.4) is 0 Å². The Labute approximate surface area is 99.1 Å². The summed E-state index contributed by atoms with van der Waals surface area (Å²) in [4.78, 5) is 22.8. The average Bonchev–Trinajstić information content (AvgIpc) is 2.68. The van der Waals surface area contributed by atoms with Crippen molar-refractivity contribution >= 4 is 22.9 Å². The third-order valence-corrected chi connectivity index (χ3v) is 3.96. The molecule has 3 atom stereocenters. The van der Waals surface area contributed by atoms with Gasteiger partial charge in [-0.1, -0.05) is 11.8 Å². The SMILES string of the molecule is CC1NCCCC1NC(=O)C1CSC(=O)N1. The Bertz CT molecular complexity index is 298. The predicted molar refractivity (Wildman–Crippen MR) is 63.4 cm³/mol. The molecule has 90 valence electrons.